The maximum atomic E-state index is 11.6. The van der Waals surface area contributed by atoms with Crippen LogP contribution in [-0.2, 0) is 24.2 Å². The first-order valence-corrected chi connectivity index (χ1v) is 7.13. The molecular weight excluding hydrogens is 264 g/mol. The van der Waals surface area contributed by atoms with Crippen molar-refractivity contribution < 1.29 is 9.90 Å². The van der Waals surface area contributed by atoms with Crippen molar-refractivity contribution in [3.8, 4) is 0 Å². The molecule has 0 fully saturated rings. The van der Waals surface area contributed by atoms with E-state index in [-0.39, 0.29) is 5.92 Å². The molecule has 0 spiro atoms. The molecule has 1 unspecified atom stereocenters. The first-order chi connectivity index (χ1) is 8.77. The number of aliphatic carboxylic acids is 1. The van der Waals surface area contributed by atoms with Gasteiger partial charge in [0.1, 0.15) is 0 Å². The van der Waals surface area contributed by atoms with E-state index in [1.165, 1.54) is 0 Å². The van der Waals surface area contributed by atoms with Gasteiger partial charge in [-0.1, -0.05) is 32.4 Å². The summed E-state index contributed by atoms with van der Waals surface area (Å²) in [6.45, 7) is 10.3. The predicted molar refractivity (Wildman–Crippen MR) is 76.6 cm³/mol. The summed E-state index contributed by atoms with van der Waals surface area (Å²) in [5.41, 5.74) is 0.844. The SMILES string of the molecule is CCc1nn(CC)c(CC(C)(C(=O)O)C(C)C)c1Cl. The third kappa shape index (κ3) is 2.94. The monoisotopic (exact) mass is 286 g/mol. The van der Waals surface area contributed by atoms with Gasteiger partial charge in [0.25, 0.3) is 0 Å². The van der Waals surface area contributed by atoms with Crippen LogP contribution in [0.25, 0.3) is 0 Å². The van der Waals surface area contributed by atoms with Crippen molar-refractivity contribution in [1.82, 2.24) is 9.78 Å². The standard InChI is InChI=1S/C14H23ClN2O2/c1-6-10-12(15)11(17(7-2)16-10)8-14(5,9(3)4)13(18)19/h9H,6-8H2,1-5H3,(H,18,19). The minimum Gasteiger partial charge on any atom is -0.481 e. The van der Waals surface area contributed by atoms with E-state index in [1.807, 2.05) is 32.4 Å². The average molecular weight is 287 g/mol. The molecule has 0 aliphatic rings. The molecule has 1 atom stereocenters. The number of aryl methyl sites for hydroxylation is 2. The van der Waals surface area contributed by atoms with E-state index in [4.69, 9.17) is 11.6 Å². The Morgan fingerprint density at radius 1 is 1.47 bits per heavy atom. The van der Waals surface area contributed by atoms with Crippen molar-refractivity contribution in [2.24, 2.45) is 11.3 Å². The molecule has 1 rings (SSSR count). The van der Waals surface area contributed by atoms with Crippen LogP contribution in [0.3, 0.4) is 0 Å². The Balaban J connectivity index is 3.23. The summed E-state index contributed by atoms with van der Waals surface area (Å²) >= 11 is 6.35. The van der Waals surface area contributed by atoms with Crippen molar-refractivity contribution in [2.75, 3.05) is 0 Å². The average Bonchev–Trinajstić information content (AvgIpc) is 2.65. The van der Waals surface area contributed by atoms with E-state index in [0.29, 0.717) is 18.0 Å². The summed E-state index contributed by atoms with van der Waals surface area (Å²) in [6, 6.07) is 0. The fourth-order valence-corrected chi connectivity index (χ4v) is 2.40. The zero-order valence-electron chi connectivity index (χ0n) is 12.3. The quantitative estimate of drug-likeness (QED) is 0.872. The van der Waals surface area contributed by atoms with Gasteiger partial charge in [-0.05, 0) is 26.2 Å². The second-order valence-electron chi connectivity index (χ2n) is 5.43. The van der Waals surface area contributed by atoms with Crippen LogP contribution in [0, 0.1) is 11.3 Å². The highest BCUT2D eigenvalue weighted by Gasteiger charge is 2.38. The fourth-order valence-electron chi connectivity index (χ4n) is 2.06. The van der Waals surface area contributed by atoms with E-state index in [2.05, 4.69) is 5.10 Å². The number of halogens is 1. The summed E-state index contributed by atoms with van der Waals surface area (Å²) in [5.74, 6) is -0.771. The molecule has 0 saturated heterocycles. The minimum atomic E-state index is -0.832. The fraction of sp³-hybridized carbons (Fsp3) is 0.714. The lowest BCUT2D eigenvalue weighted by molar-refractivity contribution is -0.150. The molecule has 4 nitrogen and oxygen atoms in total. The van der Waals surface area contributed by atoms with Gasteiger partial charge in [-0.15, -0.1) is 0 Å². The third-order valence-corrected chi connectivity index (χ3v) is 4.43. The Bertz CT molecular complexity index is 468. The number of carboxylic acid groups (broad SMARTS) is 1. The summed E-state index contributed by atoms with van der Waals surface area (Å²) in [4.78, 5) is 11.6. The summed E-state index contributed by atoms with van der Waals surface area (Å²) in [6.07, 6.45) is 1.16. The lowest BCUT2D eigenvalue weighted by Crippen LogP contribution is -2.36. The van der Waals surface area contributed by atoms with E-state index in [9.17, 15) is 9.90 Å². The van der Waals surface area contributed by atoms with Gasteiger partial charge in [-0.25, -0.2) is 0 Å². The summed E-state index contributed by atoms with van der Waals surface area (Å²) < 4.78 is 1.82. The number of nitrogens with zero attached hydrogens (tertiary/aromatic N) is 2. The molecule has 0 amide bonds. The minimum absolute atomic E-state index is 0.0198. The Morgan fingerprint density at radius 3 is 2.42 bits per heavy atom. The highest BCUT2D eigenvalue weighted by Crippen LogP contribution is 2.35. The van der Waals surface area contributed by atoms with E-state index >= 15 is 0 Å². The molecule has 0 radical (unpaired) electrons. The number of hydrogen-bond donors (Lipinski definition) is 1. The molecule has 108 valence electrons. The smallest absolute Gasteiger partial charge is 0.310 e. The Hall–Kier alpha value is -1.03. The first kappa shape index (κ1) is 16.0. The zero-order valence-corrected chi connectivity index (χ0v) is 13.1. The van der Waals surface area contributed by atoms with Crippen LogP contribution in [0.5, 0.6) is 0 Å². The van der Waals surface area contributed by atoms with E-state index in [0.717, 1.165) is 17.8 Å². The van der Waals surface area contributed by atoms with Gasteiger partial charge in [-0.2, -0.15) is 5.10 Å². The van der Waals surface area contributed by atoms with Crippen LogP contribution in [-0.4, -0.2) is 20.9 Å². The van der Waals surface area contributed by atoms with Crippen LogP contribution in [0.2, 0.25) is 5.02 Å². The zero-order chi connectivity index (χ0) is 14.8. The highest BCUT2D eigenvalue weighted by atomic mass is 35.5. The van der Waals surface area contributed by atoms with Crippen LogP contribution >= 0.6 is 11.6 Å². The van der Waals surface area contributed by atoms with Gasteiger partial charge < -0.3 is 5.11 Å². The molecule has 19 heavy (non-hydrogen) atoms. The molecular formula is C14H23ClN2O2. The molecule has 0 saturated carbocycles. The Labute approximate surface area is 119 Å². The molecule has 1 aromatic rings. The molecule has 0 aromatic carbocycles. The van der Waals surface area contributed by atoms with Gasteiger partial charge in [0.05, 0.1) is 21.8 Å². The van der Waals surface area contributed by atoms with Crippen LogP contribution < -0.4 is 0 Å². The van der Waals surface area contributed by atoms with Crippen molar-refractivity contribution in [1.29, 1.82) is 0 Å². The second-order valence-corrected chi connectivity index (χ2v) is 5.81. The van der Waals surface area contributed by atoms with Crippen LogP contribution in [0.15, 0.2) is 0 Å². The molecule has 5 heteroatoms. The van der Waals surface area contributed by atoms with E-state index < -0.39 is 11.4 Å². The largest absolute Gasteiger partial charge is 0.481 e. The van der Waals surface area contributed by atoms with Crippen molar-refractivity contribution in [3.05, 3.63) is 16.4 Å². The van der Waals surface area contributed by atoms with E-state index in [1.54, 1.807) is 6.92 Å². The van der Waals surface area contributed by atoms with Crippen LogP contribution in [0.4, 0.5) is 0 Å². The third-order valence-electron chi connectivity index (χ3n) is 3.99. The second kappa shape index (κ2) is 5.95. The molecule has 0 aliphatic carbocycles. The van der Waals surface area contributed by atoms with Gasteiger partial charge in [0, 0.05) is 13.0 Å². The topological polar surface area (TPSA) is 55.1 Å². The first-order valence-electron chi connectivity index (χ1n) is 6.75. The van der Waals surface area contributed by atoms with Crippen LogP contribution in [0.1, 0.15) is 46.0 Å². The molecule has 0 bridgehead atoms. The molecule has 1 N–H and O–H groups in total. The predicted octanol–water partition coefficient (Wildman–Crippen LogP) is 3.41. The summed E-state index contributed by atoms with van der Waals surface area (Å²) in [7, 11) is 0. The molecule has 0 aliphatic heterocycles. The van der Waals surface area contributed by atoms with Gasteiger partial charge in [-0.3, -0.25) is 9.48 Å². The lowest BCUT2D eigenvalue weighted by Gasteiger charge is -2.29. The molecule has 1 aromatic heterocycles. The highest BCUT2D eigenvalue weighted by molar-refractivity contribution is 6.31. The Kier molecular flexibility index (Phi) is 5.02. The lowest BCUT2D eigenvalue weighted by atomic mass is 9.75. The number of carboxylic acids is 1. The van der Waals surface area contributed by atoms with Gasteiger partial charge in [0.15, 0.2) is 0 Å². The van der Waals surface area contributed by atoms with Gasteiger partial charge in [0.2, 0.25) is 0 Å². The number of carbonyl (C=O) groups is 1. The maximum Gasteiger partial charge on any atom is 0.310 e. The normalized spacial score (nSPS) is 14.7. The number of rotatable bonds is 6. The van der Waals surface area contributed by atoms with Crippen molar-refractivity contribution in [2.45, 2.75) is 54.0 Å². The maximum absolute atomic E-state index is 11.6. The van der Waals surface area contributed by atoms with Gasteiger partial charge >= 0.3 is 5.97 Å². The summed E-state index contributed by atoms with van der Waals surface area (Å²) in [5, 5.41) is 14.6. The number of hydrogen-bond acceptors (Lipinski definition) is 2. The van der Waals surface area contributed by atoms with Crippen molar-refractivity contribution in [3.63, 3.8) is 0 Å². The Morgan fingerprint density at radius 2 is 2.05 bits per heavy atom. The number of aromatic nitrogens is 2. The van der Waals surface area contributed by atoms with Crippen molar-refractivity contribution >= 4 is 17.6 Å². The molecule has 1 heterocycles.